The maximum absolute atomic E-state index is 5.42. The minimum absolute atomic E-state index is 0.352. The van der Waals surface area contributed by atoms with E-state index in [4.69, 9.17) is 9.47 Å². The highest BCUT2D eigenvalue weighted by atomic mass is 16.7. The number of anilines is 1. The molecule has 0 aromatic heterocycles. The van der Waals surface area contributed by atoms with Crippen LogP contribution in [0.1, 0.15) is 32.3 Å². The number of fused-ring (bicyclic) bond motifs is 1. The third-order valence-corrected chi connectivity index (χ3v) is 3.33. The maximum Gasteiger partial charge on any atom is 0.231 e. The first-order valence-electron chi connectivity index (χ1n) is 6.85. The minimum atomic E-state index is 0.352. The van der Waals surface area contributed by atoms with E-state index >= 15 is 0 Å². The lowest BCUT2D eigenvalue weighted by molar-refractivity contribution is 0.174. The van der Waals surface area contributed by atoms with Crippen LogP contribution in [-0.4, -0.2) is 20.4 Å². The zero-order chi connectivity index (χ0) is 13.1. The zero-order valence-electron chi connectivity index (χ0n) is 11.8. The van der Waals surface area contributed by atoms with E-state index in [1.54, 1.807) is 0 Å². The second kappa shape index (κ2) is 5.51. The molecule has 0 bridgehead atoms. The first-order valence-corrected chi connectivity index (χ1v) is 6.85. The molecule has 1 aliphatic heterocycles. The molecule has 1 saturated carbocycles. The standard InChI is InChI=1S/C13H17NO2.C2H6/c1-9-5-12-13(16-8-15-12)6-11(9)14(2)7-10-3-4-10;1-2/h5-6,10H,3-4,7-8H2,1-2H3;1-2H3. The van der Waals surface area contributed by atoms with Gasteiger partial charge in [0.15, 0.2) is 11.5 Å². The summed E-state index contributed by atoms with van der Waals surface area (Å²) >= 11 is 0. The summed E-state index contributed by atoms with van der Waals surface area (Å²) in [5, 5.41) is 0. The van der Waals surface area contributed by atoms with Crippen molar-refractivity contribution in [3.8, 4) is 11.5 Å². The van der Waals surface area contributed by atoms with Gasteiger partial charge in [-0.25, -0.2) is 0 Å². The van der Waals surface area contributed by atoms with Crippen molar-refractivity contribution in [1.29, 1.82) is 0 Å². The molecule has 1 fully saturated rings. The fraction of sp³-hybridized carbons (Fsp3) is 0.600. The number of rotatable bonds is 3. The van der Waals surface area contributed by atoms with Crippen LogP contribution >= 0.6 is 0 Å². The molecule has 0 atom stereocenters. The number of aryl methyl sites for hydroxylation is 1. The number of ether oxygens (including phenoxy) is 2. The largest absolute Gasteiger partial charge is 0.454 e. The summed E-state index contributed by atoms with van der Waals surface area (Å²) in [6.07, 6.45) is 2.77. The third kappa shape index (κ3) is 2.71. The number of hydrogen-bond donors (Lipinski definition) is 0. The Bertz CT molecular complexity index is 413. The Hall–Kier alpha value is -1.38. The molecule has 1 heterocycles. The molecule has 0 spiro atoms. The summed E-state index contributed by atoms with van der Waals surface area (Å²) in [4.78, 5) is 2.33. The van der Waals surface area contributed by atoms with E-state index in [0.717, 1.165) is 24.0 Å². The summed E-state index contributed by atoms with van der Waals surface area (Å²) in [6.45, 7) is 7.63. The zero-order valence-corrected chi connectivity index (χ0v) is 11.8. The SMILES string of the molecule is CC.Cc1cc2c(cc1N(C)CC1CC1)OCO2. The molecule has 0 unspecified atom stereocenters. The summed E-state index contributed by atoms with van der Waals surface area (Å²) in [7, 11) is 2.16. The average Bonchev–Trinajstić information content (AvgIpc) is 3.07. The maximum atomic E-state index is 5.42. The Balaban J connectivity index is 0.000000574. The van der Waals surface area contributed by atoms with Crippen LogP contribution in [0, 0.1) is 12.8 Å². The van der Waals surface area contributed by atoms with Crippen LogP contribution in [0.4, 0.5) is 5.69 Å². The van der Waals surface area contributed by atoms with Crippen LogP contribution in [0.25, 0.3) is 0 Å². The second-order valence-electron chi connectivity index (χ2n) is 4.82. The number of nitrogens with zero attached hydrogens (tertiary/aromatic N) is 1. The summed E-state index contributed by atoms with van der Waals surface area (Å²) < 4.78 is 10.8. The molecule has 1 aliphatic carbocycles. The molecular weight excluding hydrogens is 226 g/mol. The lowest BCUT2D eigenvalue weighted by Gasteiger charge is -2.21. The molecule has 3 rings (SSSR count). The first-order chi connectivity index (χ1) is 8.74. The fourth-order valence-corrected chi connectivity index (χ4v) is 2.23. The van der Waals surface area contributed by atoms with E-state index < -0.39 is 0 Å². The fourth-order valence-electron chi connectivity index (χ4n) is 2.23. The molecule has 0 N–H and O–H groups in total. The van der Waals surface area contributed by atoms with Gasteiger partial charge in [0.25, 0.3) is 0 Å². The van der Waals surface area contributed by atoms with Gasteiger partial charge >= 0.3 is 0 Å². The predicted octanol–water partition coefficient (Wildman–Crippen LogP) is 3.60. The van der Waals surface area contributed by atoms with Crippen molar-refractivity contribution in [2.75, 3.05) is 25.3 Å². The number of benzene rings is 1. The summed E-state index contributed by atoms with van der Waals surface area (Å²) in [6, 6.07) is 4.17. The first kappa shape index (κ1) is 13.1. The Morgan fingerprint density at radius 1 is 1.17 bits per heavy atom. The van der Waals surface area contributed by atoms with E-state index in [1.165, 1.54) is 24.1 Å². The van der Waals surface area contributed by atoms with Gasteiger partial charge in [-0.1, -0.05) is 13.8 Å². The molecule has 2 aliphatic rings. The lowest BCUT2D eigenvalue weighted by atomic mass is 10.1. The van der Waals surface area contributed by atoms with Crippen LogP contribution < -0.4 is 14.4 Å². The quantitative estimate of drug-likeness (QED) is 0.817. The summed E-state index contributed by atoms with van der Waals surface area (Å²) in [5.74, 6) is 2.65. The van der Waals surface area contributed by atoms with Crippen LogP contribution in [0.15, 0.2) is 12.1 Å². The van der Waals surface area contributed by atoms with Gasteiger partial charge in [-0.05, 0) is 37.3 Å². The van der Waals surface area contributed by atoms with Crippen molar-refractivity contribution in [1.82, 2.24) is 0 Å². The van der Waals surface area contributed by atoms with Crippen LogP contribution in [0.2, 0.25) is 0 Å². The van der Waals surface area contributed by atoms with Crippen molar-refractivity contribution < 1.29 is 9.47 Å². The topological polar surface area (TPSA) is 21.7 Å². The smallest absolute Gasteiger partial charge is 0.231 e. The Morgan fingerprint density at radius 3 is 2.39 bits per heavy atom. The molecule has 1 aromatic rings. The normalized spacial score (nSPS) is 16.0. The van der Waals surface area contributed by atoms with Crippen LogP contribution in [-0.2, 0) is 0 Å². The van der Waals surface area contributed by atoms with Crippen molar-refractivity contribution >= 4 is 5.69 Å². The molecule has 1 aromatic carbocycles. The van der Waals surface area contributed by atoms with E-state index in [0.29, 0.717) is 6.79 Å². The van der Waals surface area contributed by atoms with Crippen molar-refractivity contribution in [3.05, 3.63) is 17.7 Å². The van der Waals surface area contributed by atoms with Crippen LogP contribution in [0.3, 0.4) is 0 Å². The molecule has 3 nitrogen and oxygen atoms in total. The van der Waals surface area contributed by atoms with Gasteiger partial charge in [0.2, 0.25) is 6.79 Å². The van der Waals surface area contributed by atoms with E-state index in [-0.39, 0.29) is 0 Å². The van der Waals surface area contributed by atoms with Gasteiger partial charge in [-0.2, -0.15) is 0 Å². The predicted molar refractivity (Wildman–Crippen MR) is 74.6 cm³/mol. The van der Waals surface area contributed by atoms with Crippen molar-refractivity contribution in [2.45, 2.75) is 33.6 Å². The highest BCUT2D eigenvalue weighted by Gasteiger charge is 2.24. The highest BCUT2D eigenvalue weighted by Crippen LogP contribution is 2.39. The summed E-state index contributed by atoms with van der Waals surface area (Å²) in [5.41, 5.74) is 2.52. The van der Waals surface area contributed by atoms with E-state index in [1.807, 2.05) is 13.8 Å². The number of hydrogen-bond acceptors (Lipinski definition) is 3. The minimum Gasteiger partial charge on any atom is -0.454 e. The van der Waals surface area contributed by atoms with E-state index in [2.05, 4.69) is 31.0 Å². The van der Waals surface area contributed by atoms with Gasteiger partial charge in [-0.15, -0.1) is 0 Å². The highest BCUT2D eigenvalue weighted by molar-refractivity contribution is 5.62. The van der Waals surface area contributed by atoms with Gasteiger partial charge in [-0.3, -0.25) is 0 Å². The lowest BCUT2D eigenvalue weighted by Crippen LogP contribution is -2.20. The van der Waals surface area contributed by atoms with Crippen molar-refractivity contribution in [2.24, 2.45) is 5.92 Å². The third-order valence-electron chi connectivity index (χ3n) is 3.33. The monoisotopic (exact) mass is 249 g/mol. The van der Waals surface area contributed by atoms with Gasteiger partial charge in [0, 0.05) is 25.3 Å². The molecule has 100 valence electrons. The molecule has 0 saturated heterocycles. The molecule has 3 heteroatoms. The Morgan fingerprint density at radius 2 is 1.78 bits per heavy atom. The average molecular weight is 249 g/mol. The van der Waals surface area contributed by atoms with Gasteiger partial charge in [0.1, 0.15) is 0 Å². The molecule has 0 amide bonds. The Labute approximate surface area is 110 Å². The van der Waals surface area contributed by atoms with Crippen molar-refractivity contribution in [3.63, 3.8) is 0 Å². The molecule has 18 heavy (non-hydrogen) atoms. The Kier molecular flexibility index (Phi) is 4.00. The van der Waals surface area contributed by atoms with Crippen LogP contribution in [0.5, 0.6) is 11.5 Å². The molecular formula is C15H23NO2. The second-order valence-corrected chi connectivity index (χ2v) is 4.82. The van der Waals surface area contributed by atoms with Gasteiger partial charge < -0.3 is 14.4 Å². The van der Waals surface area contributed by atoms with Gasteiger partial charge in [0.05, 0.1) is 0 Å². The van der Waals surface area contributed by atoms with E-state index in [9.17, 15) is 0 Å². The molecule has 0 radical (unpaired) electrons.